The predicted octanol–water partition coefficient (Wildman–Crippen LogP) is 2.19. The lowest BCUT2D eigenvalue weighted by molar-refractivity contribution is 0.181. The Labute approximate surface area is 131 Å². The second-order valence-corrected chi connectivity index (χ2v) is 7.20. The number of nitrogens with one attached hydrogen (secondary N) is 1. The molecule has 0 fully saturated rings. The summed E-state index contributed by atoms with van der Waals surface area (Å²) in [6.45, 7) is 1.88. The van der Waals surface area contributed by atoms with Crippen LogP contribution in [0.2, 0.25) is 0 Å². The summed E-state index contributed by atoms with van der Waals surface area (Å²) < 4.78 is 26.5. The Morgan fingerprint density at radius 2 is 1.68 bits per heavy atom. The van der Waals surface area contributed by atoms with Crippen molar-refractivity contribution in [2.24, 2.45) is 0 Å². The molecule has 2 aromatic rings. The lowest BCUT2D eigenvalue weighted by Crippen LogP contribution is -2.31. The van der Waals surface area contributed by atoms with E-state index in [1.54, 1.807) is 6.07 Å². The molecule has 0 saturated heterocycles. The highest BCUT2D eigenvalue weighted by Gasteiger charge is 2.15. The van der Waals surface area contributed by atoms with E-state index < -0.39 is 16.1 Å². The van der Waals surface area contributed by atoms with E-state index in [1.807, 2.05) is 55.5 Å². The molecule has 0 spiro atoms. The fraction of sp³-hybridized carbons (Fsp3) is 0.294. The molecule has 2 rings (SSSR count). The quantitative estimate of drug-likeness (QED) is 0.822. The van der Waals surface area contributed by atoms with Gasteiger partial charge in [0.15, 0.2) is 0 Å². The molecule has 0 bridgehead atoms. The van der Waals surface area contributed by atoms with E-state index in [4.69, 9.17) is 0 Å². The fourth-order valence-corrected chi connectivity index (χ4v) is 3.31. The summed E-state index contributed by atoms with van der Waals surface area (Å²) >= 11 is 0. The van der Waals surface area contributed by atoms with Crippen LogP contribution in [0.5, 0.6) is 0 Å². The number of hydrogen-bond acceptors (Lipinski definition) is 3. The van der Waals surface area contributed by atoms with Crippen LogP contribution in [0.15, 0.2) is 54.6 Å². The molecule has 1 atom stereocenters. The Kier molecular flexibility index (Phi) is 5.71. The average Bonchev–Trinajstić information content (AvgIpc) is 2.52. The zero-order valence-corrected chi connectivity index (χ0v) is 13.4. The van der Waals surface area contributed by atoms with Gasteiger partial charge in [-0.15, -0.1) is 0 Å². The van der Waals surface area contributed by atoms with Gasteiger partial charge >= 0.3 is 0 Å². The van der Waals surface area contributed by atoms with Crippen molar-refractivity contribution in [3.8, 4) is 0 Å². The molecule has 0 aliphatic rings. The first-order valence-electron chi connectivity index (χ1n) is 7.23. The van der Waals surface area contributed by atoms with Gasteiger partial charge in [-0.1, -0.05) is 54.6 Å². The molecule has 0 saturated carbocycles. The third kappa shape index (κ3) is 4.94. The van der Waals surface area contributed by atoms with Gasteiger partial charge in [-0.25, -0.2) is 13.1 Å². The number of aliphatic hydroxyl groups excluding tert-OH is 1. The van der Waals surface area contributed by atoms with Crippen molar-refractivity contribution in [3.63, 3.8) is 0 Å². The third-order valence-corrected chi connectivity index (χ3v) is 4.89. The second-order valence-electron chi connectivity index (χ2n) is 5.28. The first kappa shape index (κ1) is 16.7. The molecule has 0 unspecified atom stereocenters. The molecule has 5 heteroatoms. The summed E-state index contributed by atoms with van der Waals surface area (Å²) in [5, 5.41) is 10.1. The van der Waals surface area contributed by atoms with Gasteiger partial charge in [0.05, 0.1) is 11.9 Å². The van der Waals surface area contributed by atoms with Crippen molar-refractivity contribution in [1.29, 1.82) is 0 Å². The number of aliphatic hydroxyl groups is 1. The summed E-state index contributed by atoms with van der Waals surface area (Å²) in [5.41, 5.74) is 2.67. The van der Waals surface area contributed by atoms with Crippen LogP contribution in [0.25, 0.3) is 0 Å². The van der Waals surface area contributed by atoms with Crippen LogP contribution in [-0.4, -0.2) is 25.8 Å². The van der Waals surface area contributed by atoms with Crippen molar-refractivity contribution < 1.29 is 13.5 Å². The minimum absolute atomic E-state index is 0.0114. The van der Waals surface area contributed by atoms with Gasteiger partial charge in [0.1, 0.15) is 0 Å². The van der Waals surface area contributed by atoms with Crippen LogP contribution in [0.1, 0.15) is 22.8 Å². The normalized spacial score (nSPS) is 13.0. The van der Waals surface area contributed by atoms with E-state index in [2.05, 4.69) is 4.72 Å². The maximum Gasteiger partial charge on any atom is 0.212 e. The molecule has 4 nitrogen and oxygen atoms in total. The van der Waals surface area contributed by atoms with Crippen molar-refractivity contribution >= 4 is 10.0 Å². The highest BCUT2D eigenvalue weighted by molar-refractivity contribution is 7.89. The minimum atomic E-state index is -3.41. The molecule has 2 aromatic carbocycles. The molecular weight excluding hydrogens is 298 g/mol. The summed E-state index contributed by atoms with van der Waals surface area (Å²) in [5.74, 6) is 0.0114. The number of aryl methyl sites for hydroxylation is 2. The molecule has 0 radical (unpaired) electrons. The van der Waals surface area contributed by atoms with Gasteiger partial charge in [0.25, 0.3) is 0 Å². The Morgan fingerprint density at radius 3 is 2.36 bits per heavy atom. The van der Waals surface area contributed by atoms with E-state index in [1.165, 1.54) is 0 Å². The molecule has 0 amide bonds. The largest absolute Gasteiger partial charge is 0.387 e. The summed E-state index contributed by atoms with van der Waals surface area (Å²) in [4.78, 5) is 0. The molecule has 118 valence electrons. The molecule has 22 heavy (non-hydrogen) atoms. The van der Waals surface area contributed by atoms with Crippen LogP contribution in [0, 0.1) is 6.92 Å². The zero-order valence-electron chi connectivity index (χ0n) is 12.6. The summed E-state index contributed by atoms with van der Waals surface area (Å²) in [6, 6.07) is 16.9. The molecule has 0 aliphatic heterocycles. The maximum atomic E-state index is 12.0. The number of benzene rings is 2. The monoisotopic (exact) mass is 319 g/mol. The van der Waals surface area contributed by atoms with E-state index in [9.17, 15) is 13.5 Å². The van der Waals surface area contributed by atoms with Crippen LogP contribution < -0.4 is 4.72 Å². The second kappa shape index (κ2) is 7.54. The van der Waals surface area contributed by atoms with Crippen LogP contribution in [0.4, 0.5) is 0 Å². The van der Waals surface area contributed by atoms with Crippen LogP contribution >= 0.6 is 0 Å². The number of hydrogen-bond donors (Lipinski definition) is 2. The smallest absolute Gasteiger partial charge is 0.212 e. The Hall–Kier alpha value is -1.69. The van der Waals surface area contributed by atoms with Crippen molar-refractivity contribution in [1.82, 2.24) is 4.72 Å². The highest BCUT2D eigenvalue weighted by atomic mass is 32.2. The van der Waals surface area contributed by atoms with Gasteiger partial charge in [-0.3, -0.25) is 0 Å². The predicted molar refractivity (Wildman–Crippen MR) is 88.1 cm³/mol. The van der Waals surface area contributed by atoms with Crippen LogP contribution in [0.3, 0.4) is 0 Å². The zero-order chi connectivity index (χ0) is 16.0. The van der Waals surface area contributed by atoms with Crippen molar-refractivity contribution in [3.05, 3.63) is 71.3 Å². The summed E-state index contributed by atoms with van der Waals surface area (Å²) in [6.07, 6.45) is -0.385. The topological polar surface area (TPSA) is 66.4 Å². The van der Waals surface area contributed by atoms with E-state index >= 15 is 0 Å². The first-order valence-corrected chi connectivity index (χ1v) is 8.88. The van der Waals surface area contributed by atoms with Gasteiger partial charge in [0, 0.05) is 6.54 Å². The lowest BCUT2D eigenvalue weighted by Gasteiger charge is -2.14. The maximum absolute atomic E-state index is 12.0. The van der Waals surface area contributed by atoms with Gasteiger partial charge in [-0.2, -0.15) is 0 Å². The van der Waals surface area contributed by atoms with E-state index in [0.717, 1.165) is 16.7 Å². The fourth-order valence-electron chi connectivity index (χ4n) is 2.25. The molecule has 0 aliphatic carbocycles. The minimum Gasteiger partial charge on any atom is -0.387 e. The highest BCUT2D eigenvalue weighted by Crippen LogP contribution is 2.16. The van der Waals surface area contributed by atoms with Crippen molar-refractivity contribution in [2.75, 3.05) is 12.3 Å². The molecule has 0 heterocycles. The van der Waals surface area contributed by atoms with Crippen LogP contribution in [-0.2, 0) is 16.4 Å². The van der Waals surface area contributed by atoms with Crippen molar-refractivity contribution in [2.45, 2.75) is 19.4 Å². The molecule has 0 aromatic heterocycles. The van der Waals surface area contributed by atoms with Gasteiger partial charge < -0.3 is 5.11 Å². The average molecular weight is 319 g/mol. The Morgan fingerprint density at radius 1 is 1.05 bits per heavy atom. The SMILES string of the molecule is Cc1ccccc1[C@@H](O)CNS(=O)(=O)CCc1ccccc1. The third-order valence-electron chi connectivity index (χ3n) is 3.55. The Balaban J connectivity index is 1.88. The lowest BCUT2D eigenvalue weighted by atomic mass is 10.0. The number of rotatable bonds is 7. The summed E-state index contributed by atoms with van der Waals surface area (Å²) in [7, 11) is -3.41. The van der Waals surface area contributed by atoms with Gasteiger partial charge in [0.2, 0.25) is 10.0 Å². The van der Waals surface area contributed by atoms with E-state index in [0.29, 0.717) is 6.42 Å². The molecular formula is C17H21NO3S. The van der Waals surface area contributed by atoms with Gasteiger partial charge in [-0.05, 0) is 30.0 Å². The standard InChI is InChI=1S/C17H21NO3S/c1-14-7-5-6-10-16(14)17(19)13-18-22(20,21)12-11-15-8-3-2-4-9-15/h2-10,17-19H,11-13H2,1H3/t17-/m0/s1. The van der Waals surface area contributed by atoms with E-state index in [-0.39, 0.29) is 12.3 Å². The number of sulfonamides is 1. The first-order chi connectivity index (χ1) is 10.5. The molecule has 2 N–H and O–H groups in total. The Bertz CT molecular complexity index is 699.